The molecule has 0 spiro atoms. The summed E-state index contributed by atoms with van der Waals surface area (Å²) in [6.07, 6.45) is 2.57. The Bertz CT molecular complexity index is 269. The van der Waals surface area contributed by atoms with Crippen molar-refractivity contribution in [3.05, 3.63) is 0 Å². The normalized spacial score (nSPS) is 30.8. The third-order valence-corrected chi connectivity index (χ3v) is 3.66. The molecule has 6 nitrogen and oxygen atoms in total. The number of nitrogens with two attached hydrogens (primary N) is 1. The van der Waals surface area contributed by atoms with Crippen LogP contribution in [0.2, 0.25) is 0 Å². The van der Waals surface area contributed by atoms with Gasteiger partial charge in [-0.15, -0.1) is 0 Å². The summed E-state index contributed by atoms with van der Waals surface area (Å²) < 4.78 is 5.31. The van der Waals surface area contributed by atoms with E-state index in [1.54, 1.807) is 4.90 Å². The number of ether oxygens (including phenoxy) is 1. The fraction of sp³-hybridized carbons (Fsp3) is 0.909. The van der Waals surface area contributed by atoms with Gasteiger partial charge in [-0.2, -0.15) is 0 Å². The molecule has 0 aromatic carbocycles. The number of carbonyl (C=O) groups excluding carboxylic acids is 1. The number of nitrogens with zero attached hydrogens (tertiary/aromatic N) is 2. The van der Waals surface area contributed by atoms with Crippen LogP contribution in [0.25, 0.3) is 0 Å². The fourth-order valence-corrected chi connectivity index (χ4v) is 2.86. The van der Waals surface area contributed by atoms with Gasteiger partial charge in [-0.1, -0.05) is 0 Å². The topological polar surface area (TPSA) is 79.0 Å². The van der Waals surface area contributed by atoms with Gasteiger partial charge in [0.1, 0.15) is 0 Å². The molecule has 2 rings (SSSR count). The van der Waals surface area contributed by atoms with Gasteiger partial charge in [-0.25, -0.2) is 4.79 Å². The first-order chi connectivity index (χ1) is 8.24. The lowest BCUT2D eigenvalue weighted by Crippen LogP contribution is -2.54. The van der Waals surface area contributed by atoms with Gasteiger partial charge >= 0.3 is 6.03 Å². The zero-order chi connectivity index (χ0) is 12.3. The van der Waals surface area contributed by atoms with Gasteiger partial charge in [-0.3, -0.25) is 4.90 Å². The van der Waals surface area contributed by atoms with Crippen LogP contribution in [0.5, 0.6) is 0 Å². The molecule has 0 bridgehead atoms. The fourth-order valence-electron chi connectivity index (χ4n) is 2.86. The minimum Gasteiger partial charge on any atom is -0.396 e. The van der Waals surface area contributed by atoms with Crippen LogP contribution in [0, 0.1) is 0 Å². The van der Waals surface area contributed by atoms with Crippen LogP contribution in [0.15, 0.2) is 0 Å². The Labute approximate surface area is 101 Å². The molecule has 0 saturated carbocycles. The van der Waals surface area contributed by atoms with E-state index >= 15 is 0 Å². The van der Waals surface area contributed by atoms with Crippen LogP contribution >= 0.6 is 0 Å². The number of carbonyl (C=O) groups is 1. The molecule has 0 aliphatic carbocycles. The second-order valence-electron chi connectivity index (χ2n) is 4.62. The number of aliphatic hydroxyl groups excluding tert-OH is 1. The van der Waals surface area contributed by atoms with Crippen molar-refractivity contribution < 1.29 is 14.6 Å². The van der Waals surface area contributed by atoms with E-state index in [1.165, 1.54) is 0 Å². The van der Waals surface area contributed by atoms with Crippen molar-refractivity contribution in [2.24, 2.45) is 5.73 Å². The van der Waals surface area contributed by atoms with Crippen molar-refractivity contribution >= 4 is 6.03 Å². The number of aliphatic hydroxyl groups is 1. The summed E-state index contributed by atoms with van der Waals surface area (Å²) in [6, 6.07) is -0.289. The third-order valence-electron chi connectivity index (χ3n) is 3.66. The van der Waals surface area contributed by atoms with E-state index in [1.807, 2.05) is 0 Å². The Morgan fingerprint density at radius 1 is 1.35 bits per heavy atom. The molecule has 2 amide bonds. The highest BCUT2D eigenvalue weighted by molar-refractivity contribution is 5.73. The molecule has 2 heterocycles. The summed E-state index contributed by atoms with van der Waals surface area (Å²) in [5, 5.41) is 9.01. The average Bonchev–Trinajstić information content (AvgIpc) is 2.74. The Balaban J connectivity index is 2.03. The number of hydrogen-bond donors (Lipinski definition) is 2. The van der Waals surface area contributed by atoms with Crippen LogP contribution in [-0.4, -0.2) is 66.1 Å². The average molecular weight is 243 g/mol. The molecule has 2 atom stereocenters. The van der Waals surface area contributed by atoms with E-state index in [4.69, 9.17) is 15.6 Å². The summed E-state index contributed by atoms with van der Waals surface area (Å²) >= 11 is 0. The van der Waals surface area contributed by atoms with Crippen LogP contribution in [0.1, 0.15) is 19.3 Å². The molecule has 2 saturated heterocycles. The maximum absolute atomic E-state index is 11.5. The van der Waals surface area contributed by atoms with Crippen molar-refractivity contribution in [2.45, 2.75) is 31.5 Å². The number of likely N-dealkylation sites (tertiary alicyclic amines) is 1. The molecule has 1 unspecified atom stereocenters. The van der Waals surface area contributed by atoms with E-state index in [0.717, 1.165) is 25.9 Å². The molecule has 2 aliphatic heterocycles. The minimum absolute atomic E-state index is 0.0883. The number of rotatable bonds is 3. The Kier molecular flexibility index (Phi) is 4.20. The lowest BCUT2D eigenvalue weighted by Gasteiger charge is -2.38. The minimum atomic E-state index is -0.377. The first-order valence-corrected chi connectivity index (χ1v) is 6.24. The van der Waals surface area contributed by atoms with Gasteiger partial charge in [0.25, 0.3) is 0 Å². The van der Waals surface area contributed by atoms with E-state index in [2.05, 4.69) is 4.90 Å². The zero-order valence-electron chi connectivity index (χ0n) is 10.0. The second-order valence-corrected chi connectivity index (χ2v) is 4.62. The zero-order valence-corrected chi connectivity index (χ0v) is 10.0. The van der Waals surface area contributed by atoms with Crippen molar-refractivity contribution in [3.8, 4) is 0 Å². The SMILES string of the molecule is NC(=O)N1C(N2CCOCC2)CC[C@H]1CCO. The van der Waals surface area contributed by atoms with E-state index in [-0.39, 0.29) is 24.8 Å². The molecule has 2 aliphatic rings. The summed E-state index contributed by atoms with van der Waals surface area (Å²) in [5.41, 5.74) is 5.46. The van der Waals surface area contributed by atoms with E-state index in [9.17, 15) is 4.79 Å². The first-order valence-electron chi connectivity index (χ1n) is 6.24. The maximum atomic E-state index is 11.5. The number of urea groups is 1. The third kappa shape index (κ3) is 2.70. The molecular weight excluding hydrogens is 222 g/mol. The molecule has 6 heteroatoms. The quantitative estimate of drug-likeness (QED) is 0.705. The van der Waals surface area contributed by atoms with Crippen molar-refractivity contribution in [3.63, 3.8) is 0 Å². The first kappa shape index (κ1) is 12.6. The lowest BCUT2D eigenvalue weighted by atomic mass is 10.1. The van der Waals surface area contributed by atoms with Gasteiger partial charge < -0.3 is 20.5 Å². The molecule has 0 aromatic rings. The molecule has 17 heavy (non-hydrogen) atoms. The Morgan fingerprint density at radius 3 is 2.65 bits per heavy atom. The highest BCUT2D eigenvalue weighted by atomic mass is 16.5. The van der Waals surface area contributed by atoms with Gasteiger partial charge in [0.05, 0.1) is 19.4 Å². The molecule has 0 aromatic heterocycles. The summed E-state index contributed by atoms with van der Waals surface area (Å²) in [5.74, 6) is 0. The van der Waals surface area contributed by atoms with Gasteiger partial charge in [-0.05, 0) is 19.3 Å². The molecule has 98 valence electrons. The van der Waals surface area contributed by atoms with Crippen molar-refractivity contribution in [2.75, 3.05) is 32.9 Å². The number of primary amides is 1. The largest absolute Gasteiger partial charge is 0.396 e. The highest BCUT2D eigenvalue weighted by Crippen LogP contribution is 2.28. The maximum Gasteiger partial charge on any atom is 0.316 e. The monoisotopic (exact) mass is 243 g/mol. The lowest BCUT2D eigenvalue weighted by molar-refractivity contribution is -0.0150. The van der Waals surface area contributed by atoms with Crippen molar-refractivity contribution in [1.29, 1.82) is 0 Å². The second kappa shape index (κ2) is 5.66. The van der Waals surface area contributed by atoms with E-state index in [0.29, 0.717) is 19.6 Å². The summed E-state index contributed by atoms with van der Waals surface area (Å²) in [6.45, 7) is 3.23. The predicted molar refractivity (Wildman–Crippen MR) is 62.3 cm³/mol. The number of morpholine rings is 1. The Hall–Kier alpha value is -0.850. The standard InChI is InChI=1S/C11H21N3O3/c12-11(16)14-9(3-6-15)1-2-10(14)13-4-7-17-8-5-13/h9-10,15H,1-8H2,(H2,12,16)/t9-,10?/m0/s1. The molecule has 3 N–H and O–H groups in total. The van der Waals surface area contributed by atoms with Crippen LogP contribution in [0.4, 0.5) is 4.79 Å². The highest BCUT2D eigenvalue weighted by Gasteiger charge is 2.39. The Morgan fingerprint density at radius 2 is 2.06 bits per heavy atom. The molecular formula is C11H21N3O3. The summed E-state index contributed by atoms with van der Waals surface area (Å²) in [4.78, 5) is 15.5. The van der Waals surface area contributed by atoms with Crippen LogP contribution in [0.3, 0.4) is 0 Å². The number of amides is 2. The van der Waals surface area contributed by atoms with Crippen LogP contribution < -0.4 is 5.73 Å². The van der Waals surface area contributed by atoms with Gasteiger partial charge in [0.2, 0.25) is 0 Å². The predicted octanol–water partition coefficient (Wildman–Crippen LogP) is -0.430. The molecule has 2 fully saturated rings. The molecule has 0 radical (unpaired) electrons. The summed E-state index contributed by atoms with van der Waals surface area (Å²) in [7, 11) is 0. The smallest absolute Gasteiger partial charge is 0.316 e. The van der Waals surface area contributed by atoms with Gasteiger partial charge in [0.15, 0.2) is 0 Å². The van der Waals surface area contributed by atoms with Gasteiger partial charge in [0, 0.05) is 25.7 Å². The number of hydrogen-bond acceptors (Lipinski definition) is 4. The van der Waals surface area contributed by atoms with Crippen LogP contribution in [-0.2, 0) is 4.74 Å². The van der Waals surface area contributed by atoms with Crippen molar-refractivity contribution in [1.82, 2.24) is 9.80 Å². The van der Waals surface area contributed by atoms with E-state index < -0.39 is 0 Å².